The normalized spacial score (nSPS) is 11.0. The molecule has 0 aliphatic carbocycles. The van der Waals surface area contributed by atoms with Gasteiger partial charge in [-0.1, -0.05) is 60.7 Å². The molecule has 0 aliphatic rings. The molecular weight excluding hydrogens is 276 g/mol. The van der Waals surface area contributed by atoms with Crippen LogP contribution in [0, 0.1) is 0 Å². The Morgan fingerprint density at radius 3 is 1.78 bits per heavy atom. The van der Waals surface area contributed by atoms with Crippen molar-refractivity contribution >= 4 is 21.5 Å². The third-order valence-corrected chi connectivity index (χ3v) is 4.48. The Labute approximate surface area is 139 Å². The van der Waals surface area contributed by atoms with Gasteiger partial charge in [-0.05, 0) is 64.8 Å². The molecular formula is C23H24. The number of unbranched alkanes of at least 4 members (excludes halogenated alkanes) is 1. The van der Waals surface area contributed by atoms with Crippen LogP contribution in [0.4, 0.5) is 0 Å². The molecule has 0 N–H and O–H groups in total. The molecule has 116 valence electrons. The molecule has 0 nitrogen and oxygen atoms in total. The van der Waals surface area contributed by atoms with Gasteiger partial charge in [-0.15, -0.1) is 13.2 Å². The average Bonchev–Trinajstić information content (AvgIpc) is 2.59. The van der Waals surface area contributed by atoms with Crippen LogP contribution in [0.5, 0.6) is 0 Å². The Balaban J connectivity index is 1.95. The van der Waals surface area contributed by atoms with Crippen molar-refractivity contribution in [3.8, 4) is 0 Å². The molecule has 0 amide bonds. The van der Waals surface area contributed by atoms with Gasteiger partial charge in [0.1, 0.15) is 0 Å². The van der Waals surface area contributed by atoms with Gasteiger partial charge in [0.2, 0.25) is 0 Å². The lowest BCUT2D eigenvalue weighted by Gasteiger charge is -2.08. The number of hydrogen-bond acceptors (Lipinski definition) is 0. The summed E-state index contributed by atoms with van der Waals surface area (Å²) >= 11 is 0. The highest BCUT2D eigenvalue weighted by molar-refractivity contribution is 6.07. The second-order valence-electron chi connectivity index (χ2n) is 6.18. The number of hydrogen-bond donors (Lipinski definition) is 0. The molecule has 3 aromatic carbocycles. The summed E-state index contributed by atoms with van der Waals surface area (Å²) in [5.41, 5.74) is 2.80. The van der Waals surface area contributed by atoms with Crippen LogP contribution in [0.3, 0.4) is 0 Å². The first-order chi connectivity index (χ1) is 11.3. The number of aryl methyl sites for hydroxylation is 2. The van der Waals surface area contributed by atoms with Crippen molar-refractivity contribution in [2.75, 3.05) is 0 Å². The molecule has 23 heavy (non-hydrogen) atoms. The lowest BCUT2D eigenvalue weighted by atomic mass is 9.96. The van der Waals surface area contributed by atoms with Crippen molar-refractivity contribution in [3.05, 3.63) is 85.0 Å². The zero-order valence-corrected chi connectivity index (χ0v) is 13.7. The maximum atomic E-state index is 3.81. The van der Waals surface area contributed by atoms with E-state index < -0.39 is 0 Å². The van der Waals surface area contributed by atoms with Gasteiger partial charge >= 0.3 is 0 Å². The first-order valence-corrected chi connectivity index (χ1v) is 8.48. The van der Waals surface area contributed by atoms with E-state index in [2.05, 4.69) is 61.7 Å². The molecule has 3 aromatic rings. The van der Waals surface area contributed by atoms with Gasteiger partial charge in [-0.2, -0.15) is 0 Å². The van der Waals surface area contributed by atoms with Gasteiger partial charge in [-0.3, -0.25) is 0 Å². The van der Waals surface area contributed by atoms with Gasteiger partial charge in [0.15, 0.2) is 0 Å². The van der Waals surface area contributed by atoms with Crippen molar-refractivity contribution < 1.29 is 0 Å². The van der Waals surface area contributed by atoms with E-state index >= 15 is 0 Å². The predicted octanol–water partition coefficient (Wildman–Crippen LogP) is 6.62. The average molecular weight is 300 g/mol. The summed E-state index contributed by atoms with van der Waals surface area (Å²) < 4.78 is 0. The van der Waals surface area contributed by atoms with E-state index in [0.29, 0.717) is 0 Å². The van der Waals surface area contributed by atoms with E-state index in [1.807, 2.05) is 12.2 Å². The Hall–Kier alpha value is -2.34. The van der Waals surface area contributed by atoms with E-state index in [0.717, 1.165) is 25.7 Å². The monoisotopic (exact) mass is 300 g/mol. The first-order valence-electron chi connectivity index (χ1n) is 8.48. The van der Waals surface area contributed by atoms with Crippen molar-refractivity contribution in [1.82, 2.24) is 0 Å². The summed E-state index contributed by atoms with van der Waals surface area (Å²) in [4.78, 5) is 0. The molecule has 0 aliphatic heterocycles. The maximum absolute atomic E-state index is 3.81. The quantitative estimate of drug-likeness (QED) is 0.261. The minimum Gasteiger partial charge on any atom is -0.103 e. The van der Waals surface area contributed by atoms with Crippen LogP contribution in [0.1, 0.15) is 30.4 Å². The Bertz CT molecular complexity index is 839. The highest BCUT2D eigenvalue weighted by atomic mass is 14.1. The highest BCUT2D eigenvalue weighted by Gasteiger charge is 2.03. The molecule has 0 fully saturated rings. The summed E-state index contributed by atoms with van der Waals surface area (Å²) in [5, 5.41) is 5.37. The third-order valence-electron chi connectivity index (χ3n) is 4.48. The number of benzene rings is 3. The third kappa shape index (κ3) is 3.53. The molecule has 0 atom stereocenters. The van der Waals surface area contributed by atoms with Crippen molar-refractivity contribution in [1.29, 1.82) is 0 Å². The fourth-order valence-corrected chi connectivity index (χ4v) is 3.20. The summed E-state index contributed by atoms with van der Waals surface area (Å²) in [5.74, 6) is 0. The predicted molar refractivity (Wildman–Crippen MR) is 103 cm³/mol. The largest absolute Gasteiger partial charge is 0.103 e. The molecule has 0 saturated carbocycles. The number of rotatable bonds is 7. The molecule has 0 bridgehead atoms. The molecule has 0 heterocycles. The fourth-order valence-electron chi connectivity index (χ4n) is 3.20. The summed E-state index contributed by atoms with van der Waals surface area (Å²) in [6, 6.07) is 18.2. The second-order valence-corrected chi connectivity index (χ2v) is 6.18. The van der Waals surface area contributed by atoms with Crippen molar-refractivity contribution in [3.63, 3.8) is 0 Å². The van der Waals surface area contributed by atoms with Crippen LogP contribution in [0.15, 0.2) is 73.8 Å². The van der Waals surface area contributed by atoms with E-state index in [4.69, 9.17) is 0 Å². The van der Waals surface area contributed by atoms with E-state index in [9.17, 15) is 0 Å². The molecule has 3 rings (SSSR count). The highest BCUT2D eigenvalue weighted by Crippen LogP contribution is 2.27. The Morgan fingerprint density at radius 1 is 0.652 bits per heavy atom. The van der Waals surface area contributed by atoms with Gasteiger partial charge in [0, 0.05) is 0 Å². The Kier molecular flexibility index (Phi) is 4.92. The van der Waals surface area contributed by atoms with Crippen LogP contribution in [0.2, 0.25) is 0 Å². The number of fused-ring (bicyclic) bond motifs is 3. The van der Waals surface area contributed by atoms with Gasteiger partial charge in [-0.25, -0.2) is 0 Å². The summed E-state index contributed by atoms with van der Waals surface area (Å²) in [6.45, 7) is 7.60. The zero-order valence-electron chi connectivity index (χ0n) is 13.7. The first kappa shape index (κ1) is 15.6. The van der Waals surface area contributed by atoms with Crippen molar-refractivity contribution in [2.45, 2.75) is 32.1 Å². The molecule has 0 unspecified atom stereocenters. The number of allylic oxidation sites excluding steroid dienone is 2. The molecule has 0 radical (unpaired) electrons. The molecule has 0 aromatic heterocycles. The minimum absolute atomic E-state index is 1.03. The van der Waals surface area contributed by atoms with E-state index in [1.54, 1.807) is 0 Å². The summed E-state index contributed by atoms with van der Waals surface area (Å²) in [7, 11) is 0. The topological polar surface area (TPSA) is 0 Å². The SMILES string of the molecule is C=CCCCc1ccc2c(ccc3cc(CCC=C)ccc32)c1. The van der Waals surface area contributed by atoms with Gasteiger partial charge in [0.25, 0.3) is 0 Å². The minimum atomic E-state index is 1.03. The molecule has 0 spiro atoms. The van der Waals surface area contributed by atoms with Crippen LogP contribution < -0.4 is 0 Å². The lowest BCUT2D eigenvalue weighted by molar-refractivity contribution is 0.845. The molecule has 0 saturated heterocycles. The second kappa shape index (κ2) is 7.28. The standard InChI is InChI=1S/C23H24/c1-3-5-7-9-19-11-15-23-21(17-19)13-12-20-16-18(8-6-4-2)10-14-22(20)23/h3-4,10-17H,1-2,5-9H2. The Morgan fingerprint density at radius 2 is 1.22 bits per heavy atom. The van der Waals surface area contributed by atoms with Crippen LogP contribution >= 0.6 is 0 Å². The summed E-state index contributed by atoms with van der Waals surface area (Å²) in [6.07, 6.45) is 9.48. The molecule has 0 heteroatoms. The fraction of sp³-hybridized carbons (Fsp3) is 0.217. The van der Waals surface area contributed by atoms with Crippen LogP contribution in [0.25, 0.3) is 21.5 Å². The van der Waals surface area contributed by atoms with Crippen molar-refractivity contribution in [2.24, 2.45) is 0 Å². The van der Waals surface area contributed by atoms with E-state index in [1.165, 1.54) is 39.1 Å². The zero-order chi connectivity index (χ0) is 16.1. The smallest absolute Gasteiger partial charge is 0.0105 e. The van der Waals surface area contributed by atoms with Gasteiger partial charge < -0.3 is 0 Å². The lowest BCUT2D eigenvalue weighted by Crippen LogP contribution is -1.87. The van der Waals surface area contributed by atoms with Crippen LogP contribution in [-0.2, 0) is 12.8 Å². The van der Waals surface area contributed by atoms with Gasteiger partial charge in [0.05, 0.1) is 0 Å². The van der Waals surface area contributed by atoms with E-state index in [-0.39, 0.29) is 0 Å². The maximum Gasteiger partial charge on any atom is -0.0105 e. The van der Waals surface area contributed by atoms with Crippen LogP contribution in [-0.4, -0.2) is 0 Å².